The molecule has 0 bridgehead atoms. The normalized spacial score (nSPS) is 14.6. The maximum atomic E-state index is 11.8. The molecule has 0 heterocycles. The molecule has 0 atom stereocenters. The van der Waals surface area contributed by atoms with Gasteiger partial charge in [-0.05, 0) is 48.6 Å². The first-order valence-electron chi connectivity index (χ1n) is 5.15. The van der Waals surface area contributed by atoms with Crippen molar-refractivity contribution in [2.45, 2.75) is 4.90 Å². The summed E-state index contributed by atoms with van der Waals surface area (Å²) in [6.07, 6.45) is 5.29. The zero-order chi connectivity index (χ0) is 13.9. The van der Waals surface area contributed by atoms with Crippen molar-refractivity contribution in [1.82, 2.24) is 0 Å². The van der Waals surface area contributed by atoms with Gasteiger partial charge in [-0.3, -0.25) is 9.08 Å². The second-order valence-corrected chi connectivity index (χ2v) is 6.01. The van der Waals surface area contributed by atoms with Crippen LogP contribution < -0.4 is 0 Å². The fourth-order valence-corrected chi connectivity index (χ4v) is 2.25. The van der Waals surface area contributed by atoms with Crippen molar-refractivity contribution in [1.29, 1.82) is 0 Å². The summed E-state index contributed by atoms with van der Waals surface area (Å²) in [6, 6.07) is 5.97. The molecular weight excluding hydrogens is 334 g/mol. The van der Waals surface area contributed by atoms with Gasteiger partial charge in [0.05, 0.1) is 0 Å². The van der Waals surface area contributed by atoms with Gasteiger partial charge < -0.3 is 0 Å². The number of allylic oxidation sites excluding steroid dienone is 4. The lowest BCUT2D eigenvalue weighted by Crippen LogP contribution is -2.05. The van der Waals surface area contributed by atoms with Gasteiger partial charge in [-0.25, -0.2) is 0 Å². The van der Waals surface area contributed by atoms with Crippen molar-refractivity contribution in [2.75, 3.05) is 0 Å². The number of hydrogen-bond acceptors (Lipinski definition) is 5. The van der Waals surface area contributed by atoms with Gasteiger partial charge in [0.25, 0.3) is 0 Å². The topological polar surface area (TPSA) is 72.8 Å². The summed E-state index contributed by atoms with van der Waals surface area (Å²) in [5.74, 6) is -0.185. The molecule has 0 radical (unpaired) electrons. The van der Waals surface area contributed by atoms with Gasteiger partial charge in [0.1, 0.15) is 10.6 Å². The monoisotopic (exact) mass is 341 g/mol. The van der Waals surface area contributed by atoms with Crippen LogP contribution in [0, 0.1) is 0 Å². The predicted molar refractivity (Wildman–Crippen MR) is 73.1 cm³/mol. The summed E-state index contributed by atoms with van der Waals surface area (Å²) >= 11 is 3.21. The van der Waals surface area contributed by atoms with Crippen molar-refractivity contribution in [3.63, 3.8) is 0 Å². The first-order valence-corrected chi connectivity index (χ1v) is 7.35. The zero-order valence-corrected chi connectivity index (χ0v) is 11.9. The molecule has 0 aliphatic heterocycles. The number of rotatable bonds is 3. The Morgan fingerprint density at radius 2 is 1.58 bits per heavy atom. The van der Waals surface area contributed by atoms with Crippen LogP contribution in [0.5, 0.6) is 0 Å². The number of hydrogen-bond donors (Lipinski definition) is 0. The molecule has 1 aromatic rings. The van der Waals surface area contributed by atoms with Gasteiger partial charge in [0.2, 0.25) is 0 Å². The van der Waals surface area contributed by atoms with Gasteiger partial charge in [-0.1, -0.05) is 21.1 Å². The molecule has 1 aromatic carbocycles. The lowest BCUT2D eigenvalue weighted by molar-refractivity contribution is -0.110. The van der Waals surface area contributed by atoms with Gasteiger partial charge >= 0.3 is 10.1 Å². The molecule has 0 saturated carbocycles. The zero-order valence-electron chi connectivity index (χ0n) is 9.49. The van der Waals surface area contributed by atoms with Crippen LogP contribution in [-0.4, -0.2) is 19.9 Å². The number of halogens is 1. The summed E-state index contributed by atoms with van der Waals surface area (Å²) in [7, 11) is -3.95. The Hall–Kier alpha value is -1.73. The van der Waals surface area contributed by atoms with Crippen LogP contribution in [0.3, 0.4) is 0 Å². The molecule has 2 rings (SSSR count). The van der Waals surface area contributed by atoms with E-state index in [9.17, 15) is 13.2 Å². The number of oxime groups is 1. The van der Waals surface area contributed by atoms with Crippen molar-refractivity contribution in [2.24, 2.45) is 5.16 Å². The van der Waals surface area contributed by atoms with E-state index < -0.39 is 10.1 Å². The molecule has 0 aromatic heterocycles. The molecule has 98 valence electrons. The van der Waals surface area contributed by atoms with Crippen LogP contribution >= 0.6 is 15.9 Å². The van der Waals surface area contributed by atoms with Crippen LogP contribution in [0.1, 0.15) is 0 Å². The Balaban J connectivity index is 2.17. The van der Waals surface area contributed by atoms with Crippen molar-refractivity contribution < 1.29 is 17.5 Å². The van der Waals surface area contributed by atoms with Crippen LogP contribution in [0.25, 0.3) is 0 Å². The quantitative estimate of drug-likeness (QED) is 0.624. The van der Waals surface area contributed by atoms with E-state index >= 15 is 0 Å². The van der Waals surface area contributed by atoms with Gasteiger partial charge in [0.15, 0.2) is 5.78 Å². The third-order valence-electron chi connectivity index (χ3n) is 2.18. The summed E-state index contributed by atoms with van der Waals surface area (Å²) in [5, 5.41) is 3.48. The van der Waals surface area contributed by atoms with Crippen LogP contribution in [-0.2, 0) is 19.2 Å². The van der Waals surface area contributed by atoms with E-state index in [4.69, 9.17) is 0 Å². The SMILES string of the molecule is O=C1C=CC(=NOS(=O)(=O)c2ccc(Br)cc2)C=C1. The van der Waals surface area contributed by atoms with Crippen LogP contribution in [0.4, 0.5) is 0 Å². The van der Waals surface area contributed by atoms with Gasteiger partial charge in [-0.15, -0.1) is 0 Å². The van der Waals surface area contributed by atoms with E-state index in [1.807, 2.05) is 0 Å². The molecule has 0 unspecified atom stereocenters. The summed E-state index contributed by atoms with van der Waals surface area (Å²) in [6.45, 7) is 0. The van der Waals surface area contributed by atoms with E-state index in [1.54, 1.807) is 12.1 Å². The Bertz CT molecular complexity index is 669. The molecule has 7 heteroatoms. The Morgan fingerprint density at radius 1 is 1.00 bits per heavy atom. The Morgan fingerprint density at radius 3 is 2.16 bits per heavy atom. The first kappa shape index (κ1) is 13.7. The third-order valence-corrected chi connectivity index (χ3v) is 3.83. The summed E-state index contributed by atoms with van der Waals surface area (Å²) < 4.78 is 28.9. The van der Waals surface area contributed by atoms with E-state index in [2.05, 4.69) is 25.4 Å². The van der Waals surface area contributed by atoms with E-state index in [1.165, 1.54) is 36.4 Å². The fraction of sp³-hybridized carbons (Fsp3) is 0. The molecule has 19 heavy (non-hydrogen) atoms. The largest absolute Gasteiger partial charge is 0.358 e. The Labute approximate surface area is 118 Å². The molecule has 0 amide bonds. The fourth-order valence-electron chi connectivity index (χ4n) is 1.24. The molecule has 0 fully saturated rings. The standard InChI is InChI=1S/C12H8BrNO4S/c13-9-1-7-12(8-2-9)19(16,17)18-14-10-3-5-11(15)6-4-10/h1-8H. The average molecular weight is 342 g/mol. The number of ketones is 1. The van der Waals surface area contributed by atoms with E-state index in [0.717, 1.165) is 4.47 Å². The van der Waals surface area contributed by atoms with Crippen molar-refractivity contribution >= 4 is 37.5 Å². The predicted octanol–water partition coefficient (Wildman–Crippen LogP) is 2.21. The second-order valence-electron chi connectivity index (χ2n) is 3.57. The maximum Gasteiger partial charge on any atom is 0.358 e. The second kappa shape index (κ2) is 5.50. The first-order chi connectivity index (χ1) is 8.97. The molecule has 0 N–H and O–H groups in total. The highest BCUT2D eigenvalue weighted by Gasteiger charge is 2.15. The highest BCUT2D eigenvalue weighted by molar-refractivity contribution is 9.10. The van der Waals surface area contributed by atoms with Crippen LogP contribution in [0.2, 0.25) is 0 Å². The number of carbonyl (C=O) groups excluding carboxylic acids is 1. The smallest absolute Gasteiger partial charge is 0.290 e. The van der Waals surface area contributed by atoms with E-state index in [-0.39, 0.29) is 16.4 Å². The molecule has 0 saturated heterocycles. The Kier molecular flexibility index (Phi) is 3.96. The van der Waals surface area contributed by atoms with Gasteiger partial charge in [-0.2, -0.15) is 8.42 Å². The highest BCUT2D eigenvalue weighted by atomic mass is 79.9. The number of nitrogens with zero attached hydrogens (tertiary/aromatic N) is 1. The van der Waals surface area contributed by atoms with Gasteiger partial charge in [0, 0.05) is 4.47 Å². The maximum absolute atomic E-state index is 11.8. The average Bonchev–Trinajstić information content (AvgIpc) is 2.39. The summed E-state index contributed by atoms with van der Waals surface area (Å²) in [4.78, 5) is 10.9. The van der Waals surface area contributed by atoms with Crippen molar-refractivity contribution in [3.8, 4) is 0 Å². The minimum Gasteiger partial charge on any atom is -0.290 e. The third kappa shape index (κ3) is 3.62. The van der Waals surface area contributed by atoms with Crippen molar-refractivity contribution in [3.05, 3.63) is 53.0 Å². The highest BCUT2D eigenvalue weighted by Crippen LogP contribution is 2.17. The molecule has 1 aliphatic carbocycles. The minimum atomic E-state index is -3.95. The molecule has 0 spiro atoms. The van der Waals surface area contributed by atoms with Crippen LogP contribution in [0.15, 0.2) is 63.1 Å². The number of benzene rings is 1. The molecule has 5 nitrogen and oxygen atoms in total. The minimum absolute atomic E-state index is 0.0000972. The lowest BCUT2D eigenvalue weighted by Gasteiger charge is -2.03. The number of carbonyl (C=O) groups is 1. The molecular formula is C12H8BrNO4S. The summed E-state index contributed by atoms with van der Waals surface area (Å²) in [5.41, 5.74) is 0.250. The lowest BCUT2D eigenvalue weighted by atomic mass is 10.2. The van der Waals surface area contributed by atoms with E-state index in [0.29, 0.717) is 0 Å². The molecule has 1 aliphatic rings.